The van der Waals surface area contributed by atoms with Gasteiger partial charge in [0, 0.05) is 12.1 Å². The molecule has 0 aromatic heterocycles. The molecule has 0 saturated heterocycles. The van der Waals surface area contributed by atoms with Crippen molar-refractivity contribution in [2.75, 3.05) is 0 Å². The van der Waals surface area contributed by atoms with Gasteiger partial charge < -0.3 is 0 Å². The summed E-state index contributed by atoms with van der Waals surface area (Å²) in [7, 11) is 0. The van der Waals surface area contributed by atoms with Crippen LogP contribution in [0.25, 0.3) is 0 Å². The van der Waals surface area contributed by atoms with Crippen LogP contribution < -0.4 is 0 Å². The fourth-order valence-electron chi connectivity index (χ4n) is 2.46. The van der Waals surface area contributed by atoms with E-state index in [0.29, 0.717) is 0 Å². The molecule has 0 heterocycles. The van der Waals surface area contributed by atoms with Crippen LogP contribution in [0, 0.1) is 15.5 Å². The summed E-state index contributed by atoms with van der Waals surface area (Å²) in [4.78, 5) is 10.2. The molecule has 1 unspecified atom stereocenters. The van der Waals surface area contributed by atoms with Gasteiger partial charge in [-0.2, -0.15) is 0 Å². The van der Waals surface area contributed by atoms with Gasteiger partial charge in [0.2, 0.25) is 0 Å². The van der Waals surface area contributed by atoms with Gasteiger partial charge in [-0.3, -0.25) is 10.1 Å². The van der Waals surface area contributed by atoms with Crippen molar-refractivity contribution in [3.05, 3.63) is 51.6 Å². The quantitative estimate of drug-likeness (QED) is 0.450. The number of hydrogen-bond acceptors (Lipinski definition) is 2. The van der Waals surface area contributed by atoms with Gasteiger partial charge in [-0.05, 0) is 37.2 Å². The second-order valence-electron chi connectivity index (χ2n) is 5.09. The highest BCUT2D eigenvalue weighted by atomic mass is 16.6. The minimum atomic E-state index is -0.355. The molecule has 0 bridgehead atoms. The third-order valence-corrected chi connectivity index (χ3v) is 3.84. The Kier molecular flexibility index (Phi) is 3.01. The Hall–Kier alpha value is -1.64. The second-order valence-corrected chi connectivity index (χ2v) is 5.09. The highest BCUT2D eigenvalue weighted by molar-refractivity contribution is 5.34. The Morgan fingerprint density at radius 1 is 1.35 bits per heavy atom. The molecule has 1 atom stereocenters. The van der Waals surface area contributed by atoms with Gasteiger partial charge in [0.1, 0.15) is 0 Å². The van der Waals surface area contributed by atoms with Gasteiger partial charge in [0.25, 0.3) is 5.69 Å². The molecule has 3 nitrogen and oxygen atoms in total. The van der Waals surface area contributed by atoms with Gasteiger partial charge in [-0.15, -0.1) is 0 Å². The Bertz CT molecular complexity index is 462. The SMILES string of the molecule is CC1=CCCC1(C)Cc1ccc([N+](=O)[O-])cc1. The molecule has 3 heteroatoms. The molecule has 0 fully saturated rings. The minimum absolute atomic E-state index is 0.164. The second kappa shape index (κ2) is 4.32. The summed E-state index contributed by atoms with van der Waals surface area (Å²) in [5.74, 6) is 0. The van der Waals surface area contributed by atoms with Gasteiger partial charge in [0.05, 0.1) is 4.92 Å². The van der Waals surface area contributed by atoms with E-state index in [4.69, 9.17) is 0 Å². The molecule has 0 aliphatic heterocycles. The lowest BCUT2D eigenvalue weighted by Crippen LogP contribution is -2.17. The monoisotopic (exact) mass is 231 g/mol. The van der Waals surface area contributed by atoms with Crippen LogP contribution in [-0.2, 0) is 6.42 Å². The number of nitro groups is 1. The average Bonchev–Trinajstić information content (AvgIpc) is 2.60. The van der Waals surface area contributed by atoms with Crippen LogP contribution in [0.5, 0.6) is 0 Å². The first-order valence-electron chi connectivity index (χ1n) is 5.92. The number of nitrogens with zero attached hydrogens (tertiary/aromatic N) is 1. The standard InChI is InChI=1S/C14H17NO2/c1-11-4-3-9-14(11,2)10-12-5-7-13(8-6-12)15(16)17/h4-8H,3,9-10H2,1-2H3. The molecular formula is C14H17NO2. The molecule has 0 radical (unpaired) electrons. The third-order valence-electron chi connectivity index (χ3n) is 3.84. The van der Waals surface area contributed by atoms with Crippen LogP contribution in [0.1, 0.15) is 32.3 Å². The van der Waals surface area contributed by atoms with Gasteiger partial charge in [-0.25, -0.2) is 0 Å². The van der Waals surface area contributed by atoms with E-state index in [1.165, 1.54) is 17.6 Å². The lowest BCUT2D eigenvalue weighted by molar-refractivity contribution is -0.384. The molecule has 1 aliphatic carbocycles. The summed E-state index contributed by atoms with van der Waals surface area (Å²) in [5.41, 5.74) is 3.01. The van der Waals surface area contributed by atoms with E-state index in [-0.39, 0.29) is 16.0 Å². The van der Waals surface area contributed by atoms with Crippen LogP contribution in [0.3, 0.4) is 0 Å². The van der Waals surface area contributed by atoms with E-state index in [9.17, 15) is 10.1 Å². The number of nitro benzene ring substituents is 1. The van der Waals surface area contributed by atoms with E-state index < -0.39 is 0 Å². The molecule has 17 heavy (non-hydrogen) atoms. The number of hydrogen-bond donors (Lipinski definition) is 0. The minimum Gasteiger partial charge on any atom is -0.258 e. The van der Waals surface area contributed by atoms with Crippen molar-refractivity contribution in [1.29, 1.82) is 0 Å². The van der Waals surface area contributed by atoms with Crippen molar-refractivity contribution >= 4 is 5.69 Å². The molecule has 90 valence electrons. The smallest absolute Gasteiger partial charge is 0.258 e. The van der Waals surface area contributed by atoms with Crippen LogP contribution in [-0.4, -0.2) is 4.92 Å². The molecule has 2 rings (SSSR count). The lowest BCUT2D eigenvalue weighted by atomic mass is 9.78. The predicted molar refractivity (Wildman–Crippen MR) is 67.9 cm³/mol. The largest absolute Gasteiger partial charge is 0.269 e. The maximum absolute atomic E-state index is 10.6. The molecule has 1 aromatic rings. The van der Waals surface area contributed by atoms with Crippen LogP contribution >= 0.6 is 0 Å². The molecule has 0 spiro atoms. The Morgan fingerprint density at radius 2 is 2.00 bits per heavy atom. The molecule has 0 saturated carbocycles. The highest BCUT2D eigenvalue weighted by Gasteiger charge is 2.29. The van der Waals surface area contributed by atoms with Crippen molar-refractivity contribution in [1.82, 2.24) is 0 Å². The van der Waals surface area contributed by atoms with Crippen LogP contribution in [0.15, 0.2) is 35.9 Å². The van der Waals surface area contributed by atoms with Gasteiger partial charge in [0.15, 0.2) is 0 Å². The maximum atomic E-state index is 10.6. The number of non-ortho nitro benzene ring substituents is 1. The van der Waals surface area contributed by atoms with E-state index in [1.54, 1.807) is 12.1 Å². The van der Waals surface area contributed by atoms with E-state index in [2.05, 4.69) is 19.9 Å². The van der Waals surface area contributed by atoms with Crippen molar-refractivity contribution in [3.63, 3.8) is 0 Å². The zero-order valence-corrected chi connectivity index (χ0v) is 10.3. The number of benzene rings is 1. The zero-order chi connectivity index (χ0) is 12.5. The first-order valence-corrected chi connectivity index (χ1v) is 5.92. The van der Waals surface area contributed by atoms with Crippen molar-refractivity contribution < 1.29 is 4.92 Å². The molecule has 0 N–H and O–H groups in total. The Labute approximate surface area is 101 Å². The van der Waals surface area contributed by atoms with Gasteiger partial charge >= 0.3 is 0 Å². The molecule has 1 aromatic carbocycles. The Balaban J connectivity index is 2.14. The van der Waals surface area contributed by atoms with Crippen molar-refractivity contribution in [3.8, 4) is 0 Å². The lowest BCUT2D eigenvalue weighted by Gasteiger charge is -2.26. The zero-order valence-electron chi connectivity index (χ0n) is 10.3. The van der Waals surface area contributed by atoms with E-state index in [0.717, 1.165) is 12.8 Å². The summed E-state index contributed by atoms with van der Waals surface area (Å²) < 4.78 is 0. The Morgan fingerprint density at radius 3 is 2.47 bits per heavy atom. The summed E-state index contributed by atoms with van der Waals surface area (Å²) in [6, 6.07) is 6.92. The number of rotatable bonds is 3. The van der Waals surface area contributed by atoms with Crippen molar-refractivity contribution in [2.24, 2.45) is 5.41 Å². The maximum Gasteiger partial charge on any atom is 0.269 e. The first kappa shape index (κ1) is 11.8. The van der Waals surface area contributed by atoms with Crippen LogP contribution in [0.2, 0.25) is 0 Å². The summed E-state index contributed by atoms with van der Waals surface area (Å²) in [5, 5.41) is 10.6. The van der Waals surface area contributed by atoms with E-state index in [1.807, 2.05) is 12.1 Å². The summed E-state index contributed by atoms with van der Waals surface area (Å²) >= 11 is 0. The topological polar surface area (TPSA) is 43.1 Å². The molecular weight excluding hydrogens is 214 g/mol. The van der Waals surface area contributed by atoms with Gasteiger partial charge in [-0.1, -0.05) is 30.7 Å². The third kappa shape index (κ3) is 2.38. The number of allylic oxidation sites excluding steroid dienone is 2. The molecule has 0 amide bonds. The normalized spacial score (nSPS) is 23.5. The summed E-state index contributed by atoms with van der Waals surface area (Å²) in [6.45, 7) is 4.45. The summed E-state index contributed by atoms with van der Waals surface area (Å²) in [6.07, 6.45) is 5.59. The predicted octanol–water partition coefficient (Wildman–Crippen LogP) is 3.88. The van der Waals surface area contributed by atoms with Crippen molar-refractivity contribution in [2.45, 2.75) is 33.1 Å². The molecule has 1 aliphatic rings. The highest BCUT2D eigenvalue weighted by Crippen LogP contribution is 2.41. The first-order chi connectivity index (χ1) is 8.01. The fraction of sp³-hybridized carbons (Fsp3) is 0.429. The average molecular weight is 231 g/mol. The fourth-order valence-corrected chi connectivity index (χ4v) is 2.46. The van der Waals surface area contributed by atoms with Crippen LogP contribution in [0.4, 0.5) is 5.69 Å². The van der Waals surface area contributed by atoms with E-state index >= 15 is 0 Å².